The van der Waals surface area contributed by atoms with Crippen LogP contribution in [0.3, 0.4) is 0 Å². The molecule has 0 spiro atoms. The Bertz CT molecular complexity index is 1060. The fourth-order valence-electron chi connectivity index (χ4n) is 3.56. The van der Waals surface area contributed by atoms with Crippen LogP contribution >= 0.6 is 0 Å². The zero-order valence-electron chi connectivity index (χ0n) is 18.0. The molecule has 0 bridgehead atoms. The Labute approximate surface area is 187 Å². The fraction of sp³-hybridized carbons (Fsp3) is 0.364. The first-order valence-electron chi connectivity index (χ1n) is 10.3. The second-order valence-corrected chi connectivity index (χ2v) is 9.58. The first-order valence-corrected chi connectivity index (χ1v) is 11.8. The minimum absolute atomic E-state index is 0.00279. The molecule has 1 aliphatic heterocycles. The van der Waals surface area contributed by atoms with E-state index in [1.165, 1.54) is 50.2 Å². The summed E-state index contributed by atoms with van der Waals surface area (Å²) in [6.45, 7) is 4.81. The van der Waals surface area contributed by atoms with Gasteiger partial charge < -0.3 is 15.5 Å². The van der Waals surface area contributed by atoms with Crippen LogP contribution in [0, 0.1) is 11.7 Å². The minimum atomic E-state index is -3.90. The lowest BCUT2D eigenvalue weighted by Gasteiger charge is -2.19. The highest BCUT2D eigenvalue weighted by molar-refractivity contribution is 7.89. The van der Waals surface area contributed by atoms with Gasteiger partial charge in [0.1, 0.15) is 5.82 Å². The molecule has 0 radical (unpaired) electrons. The van der Waals surface area contributed by atoms with E-state index in [4.69, 9.17) is 0 Å². The molecule has 2 amide bonds. The van der Waals surface area contributed by atoms with Crippen LogP contribution < -0.4 is 20.3 Å². The summed E-state index contributed by atoms with van der Waals surface area (Å²) in [6, 6.07) is 11.0. The number of carbonyl (C=O) groups is 2. The number of halogens is 1. The van der Waals surface area contributed by atoms with Gasteiger partial charge in [0, 0.05) is 37.9 Å². The van der Waals surface area contributed by atoms with E-state index in [0.717, 1.165) is 25.2 Å². The van der Waals surface area contributed by atoms with Gasteiger partial charge >= 0.3 is 0 Å². The largest absolute Gasteiger partial charge is 0.371 e. The molecule has 0 aromatic heterocycles. The van der Waals surface area contributed by atoms with Crippen LogP contribution in [0.1, 0.15) is 20.3 Å². The molecule has 0 saturated carbocycles. The summed E-state index contributed by atoms with van der Waals surface area (Å²) in [5.74, 6) is -0.734. The summed E-state index contributed by atoms with van der Waals surface area (Å²) >= 11 is 0. The average molecular weight is 463 g/mol. The number of anilines is 2. The Kier molecular flexibility index (Phi) is 7.47. The number of carbonyl (C=O) groups excluding carboxylic acids is 2. The third kappa shape index (κ3) is 6.27. The van der Waals surface area contributed by atoms with Gasteiger partial charge in [0.05, 0.1) is 10.9 Å². The van der Waals surface area contributed by atoms with E-state index in [9.17, 15) is 22.4 Å². The molecular weight excluding hydrogens is 435 g/mol. The Morgan fingerprint density at radius 2 is 1.78 bits per heavy atom. The van der Waals surface area contributed by atoms with Gasteiger partial charge in [-0.3, -0.25) is 9.59 Å². The van der Waals surface area contributed by atoms with E-state index < -0.39 is 22.0 Å². The Morgan fingerprint density at radius 3 is 2.41 bits per heavy atom. The van der Waals surface area contributed by atoms with Gasteiger partial charge in [0.15, 0.2) is 0 Å². The van der Waals surface area contributed by atoms with Crippen molar-refractivity contribution in [2.24, 2.45) is 5.92 Å². The number of hydrogen-bond acceptors (Lipinski definition) is 5. The van der Waals surface area contributed by atoms with E-state index >= 15 is 0 Å². The highest BCUT2D eigenvalue weighted by Crippen LogP contribution is 2.23. The molecule has 2 aromatic rings. The number of rotatable bonds is 8. The van der Waals surface area contributed by atoms with Gasteiger partial charge in [0.25, 0.3) is 0 Å². The van der Waals surface area contributed by atoms with Crippen LogP contribution in [0.4, 0.5) is 15.8 Å². The molecule has 1 heterocycles. The SMILES string of the molecule is CC(=O)Nc1ccc(S(=O)(=O)N[C@@H](C)C(=O)NCC2CCN(c3ccc(F)cc3)C2)cc1. The zero-order chi connectivity index (χ0) is 23.3. The molecular formula is C22H27FN4O4S. The highest BCUT2D eigenvalue weighted by Gasteiger charge is 2.26. The maximum Gasteiger partial charge on any atom is 0.241 e. The molecule has 1 saturated heterocycles. The standard InChI is InChI=1S/C22H27FN4O4S/c1-15(26-32(30,31)21-9-5-19(6-10-21)25-16(2)28)22(29)24-13-17-11-12-27(14-17)20-7-3-18(23)4-8-20/h3-10,15,17,26H,11-14H2,1-2H3,(H,24,29)(H,25,28)/t15-,17?/m0/s1. The van der Waals surface area contributed by atoms with Crippen molar-refractivity contribution in [1.29, 1.82) is 0 Å². The van der Waals surface area contributed by atoms with Gasteiger partial charge in [0.2, 0.25) is 21.8 Å². The van der Waals surface area contributed by atoms with Gasteiger partial charge in [-0.15, -0.1) is 0 Å². The number of hydrogen-bond donors (Lipinski definition) is 3. The molecule has 1 aliphatic rings. The van der Waals surface area contributed by atoms with E-state index in [1.807, 2.05) is 0 Å². The second kappa shape index (κ2) is 10.1. The Balaban J connectivity index is 1.49. The van der Waals surface area contributed by atoms with Crippen molar-refractivity contribution < 1.29 is 22.4 Å². The molecule has 10 heteroatoms. The fourth-order valence-corrected chi connectivity index (χ4v) is 4.76. The van der Waals surface area contributed by atoms with Gasteiger partial charge in [-0.2, -0.15) is 4.72 Å². The average Bonchev–Trinajstić information content (AvgIpc) is 3.21. The lowest BCUT2D eigenvalue weighted by atomic mass is 10.1. The first kappa shape index (κ1) is 23.7. The molecule has 1 unspecified atom stereocenters. The molecule has 32 heavy (non-hydrogen) atoms. The zero-order valence-corrected chi connectivity index (χ0v) is 18.8. The van der Waals surface area contributed by atoms with Crippen molar-refractivity contribution in [2.75, 3.05) is 29.9 Å². The second-order valence-electron chi connectivity index (χ2n) is 7.87. The van der Waals surface area contributed by atoms with Crippen LogP contribution in [-0.4, -0.2) is 45.9 Å². The number of benzene rings is 2. The number of sulfonamides is 1. The predicted molar refractivity (Wildman–Crippen MR) is 120 cm³/mol. The summed E-state index contributed by atoms with van der Waals surface area (Å²) in [7, 11) is -3.90. The van der Waals surface area contributed by atoms with Crippen molar-refractivity contribution in [1.82, 2.24) is 10.0 Å². The normalized spacial score (nSPS) is 17.1. The predicted octanol–water partition coefficient (Wildman–Crippen LogP) is 2.09. The monoisotopic (exact) mass is 462 g/mol. The summed E-state index contributed by atoms with van der Waals surface area (Å²) in [5, 5.41) is 5.37. The third-order valence-electron chi connectivity index (χ3n) is 5.25. The number of nitrogens with zero attached hydrogens (tertiary/aromatic N) is 1. The van der Waals surface area contributed by atoms with Crippen molar-refractivity contribution in [3.05, 3.63) is 54.3 Å². The van der Waals surface area contributed by atoms with Crippen molar-refractivity contribution in [3.8, 4) is 0 Å². The number of amides is 2. The summed E-state index contributed by atoms with van der Waals surface area (Å²) in [4.78, 5) is 25.6. The van der Waals surface area contributed by atoms with Gasteiger partial charge in [-0.25, -0.2) is 12.8 Å². The van der Waals surface area contributed by atoms with Gasteiger partial charge in [-0.1, -0.05) is 0 Å². The molecule has 3 rings (SSSR count). The van der Waals surface area contributed by atoms with E-state index in [2.05, 4.69) is 20.3 Å². The lowest BCUT2D eigenvalue weighted by molar-refractivity contribution is -0.122. The van der Waals surface area contributed by atoms with Crippen LogP contribution in [0.2, 0.25) is 0 Å². The Hall–Kier alpha value is -2.98. The summed E-state index contributed by atoms with van der Waals surface area (Å²) < 4.78 is 40.6. The van der Waals surface area contributed by atoms with Crippen LogP contribution in [0.15, 0.2) is 53.4 Å². The topological polar surface area (TPSA) is 108 Å². The lowest BCUT2D eigenvalue weighted by Crippen LogP contribution is -2.46. The molecule has 2 atom stereocenters. The van der Waals surface area contributed by atoms with E-state index in [1.54, 1.807) is 12.1 Å². The Morgan fingerprint density at radius 1 is 1.12 bits per heavy atom. The summed E-state index contributed by atoms with van der Waals surface area (Å²) in [6.07, 6.45) is 0.873. The smallest absolute Gasteiger partial charge is 0.241 e. The van der Waals surface area contributed by atoms with Crippen LogP contribution in [0.25, 0.3) is 0 Å². The quantitative estimate of drug-likeness (QED) is 0.557. The van der Waals surface area contributed by atoms with E-state index in [0.29, 0.717) is 12.2 Å². The molecule has 172 valence electrons. The van der Waals surface area contributed by atoms with E-state index in [-0.39, 0.29) is 22.5 Å². The minimum Gasteiger partial charge on any atom is -0.371 e. The van der Waals surface area contributed by atoms with Crippen LogP contribution in [0.5, 0.6) is 0 Å². The summed E-state index contributed by atoms with van der Waals surface area (Å²) in [5.41, 5.74) is 1.42. The molecule has 8 nitrogen and oxygen atoms in total. The van der Waals surface area contributed by atoms with Gasteiger partial charge in [-0.05, 0) is 67.8 Å². The van der Waals surface area contributed by atoms with Crippen LogP contribution in [-0.2, 0) is 19.6 Å². The third-order valence-corrected chi connectivity index (χ3v) is 6.81. The van der Waals surface area contributed by atoms with Crippen molar-refractivity contribution in [2.45, 2.75) is 31.2 Å². The molecule has 0 aliphatic carbocycles. The molecule has 3 N–H and O–H groups in total. The maximum absolute atomic E-state index is 13.1. The molecule has 1 fully saturated rings. The number of nitrogens with one attached hydrogen (secondary N) is 3. The van der Waals surface area contributed by atoms with Crippen molar-refractivity contribution in [3.63, 3.8) is 0 Å². The first-order chi connectivity index (χ1) is 15.1. The highest BCUT2D eigenvalue weighted by atomic mass is 32.2. The van der Waals surface area contributed by atoms with Crippen molar-refractivity contribution >= 4 is 33.2 Å². The molecule has 2 aromatic carbocycles. The maximum atomic E-state index is 13.1.